The first kappa shape index (κ1) is 14.5. The Morgan fingerprint density at radius 1 is 1.48 bits per heavy atom. The average molecular weight is 307 g/mol. The maximum atomic E-state index is 5.88. The number of nitrogens with one attached hydrogen (secondary N) is 1. The van der Waals surface area contributed by atoms with Crippen LogP contribution in [-0.2, 0) is 11.8 Å². The Morgan fingerprint density at radius 3 is 3.00 bits per heavy atom. The molecule has 1 aliphatic heterocycles. The number of anilines is 1. The molecule has 0 spiro atoms. The Balaban J connectivity index is 1.64. The first-order valence-electron chi connectivity index (χ1n) is 7.31. The molecule has 0 bridgehead atoms. The second-order valence-electron chi connectivity index (χ2n) is 5.77. The molecular formula is C14H21N5OS. The molecule has 1 saturated heterocycles. The van der Waals surface area contributed by atoms with Gasteiger partial charge in [0.25, 0.3) is 0 Å². The Labute approximate surface area is 128 Å². The summed E-state index contributed by atoms with van der Waals surface area (Å²) < 4.78 is 12.3. The molecule has 21 heavy (non-hydrogen) atoms. The van der Waals surface area contributed by atoms with Crippen LogP contribution in [0.25, 0.3) is 0 Å². The number of hydrogen-bond acceptors (Lipinski definition) is 6. The van der Waals surface area contributed by atoms with E-state index >= 15 is 0 Å². The van der Waals surface area contributed by atoms with Gasteiger partial charge in [0.2, 0.25) is 5.13 Å². The van der Waals surface area contributed by atoms with Crippen LogP contribution in [0, 0.1) is 0 Å². The van der Waals surface area contributed by atoms with Gasteiger partial charge >= 0.3 is 0 Å². The highest BCUT2D eigenvalue weighted by Gasteiger charge is 2.26. The standard InChI is InChI=1S/C14H21N5OS/c1-9(2)13-17-14(21-18-13)16-10-4-5-20-12(6-10)11-7-15-8-19(11)3/h7-10,12H,4-6H2,1-3H3,(H,16,17,18)/t10-,12+/m0/s1. The summed E-state index contributed by atoms with van der Waals surface area (Å²) in [6.07, 6.45) is 5.71. The Morgan fingerprint density at radius 2 is 2.33 bits per heavy atom. The molecular weight excluding hydrogens is 286 g/mol. The van der Waals surface area contributed by atoms with E-state index in [1.54, 1.807) is 0 Å². The van der Waals surface area contributed by atoms with Crippen LogP contribution in [0.2, 0.25) is 0 Å². The van der Waals surface area contributed by atoms with Crippen molar-refractivity contribution >= 4 is 16.7 Å². The maximum absolute atomic E-state index is 5.88. The summed E-state index contributed by atoms with van der Waals surface area (Å²) in [7, 11) is 2.00. The molecule has 0 radical (unpaired) electrons. The summed E-state index contributed by atoms with van der Waals surface area (Å²) in [5, 5.41) is 4.41. The molecule has 1 N–H and O–H groups in total. The van der Waals surface area contributed by atoms with Crippen LogP contribution in [0.1, 0.15) is 50.2 Å². The van der Waals surface area contributed by atoms with Crippen LogP contribution in [0.5, 0.6) is 0 Å². The lowest BCUT2D eigenvalue weighted by Crippen LogP contribution is -2.30. The highest BCUT2D eigenvalue weighted by Crippen LogP contribution is 2.30. The van der Waals surface area contributed by atoms with Crippen molar-refractivity contribution in [1.29, 1.82) is 0 Å². The molecule has 2 atom stereocenters. The van der Waals surface area contributed by atoms with Gasteiger partial charge in [0.15, 0.2) is 0 Å². The van der Waals surface area contributed by atoms with E-state index in [0.29, 0.717) is 12.0 Å². The number of ether oxygens (including phenoxy) is 1. The van der Waals surface area contributed by atoms with Crippen LogP contribution in [0.3, 0.4) is 0 Å². The largest absolute Gasteiger partial charge is 0.372 e. The normalized spacial score (nSPS) is 22.7. The van der Waals surface area contributed by atoms with Gasteiger partial charge in [0.1, 0.15) is 11.9 Å². The summed E-state index contributed by atoms with van der Waals surface area (Å²) in [5.74, 6) is 1.28. The van der Waals surface area contributed by atoms with Crippen LogP contribution in [-0.4, -0.2) is 31.6 Å². The zero-order valence-corrected chi connectivity index (χ0v) is 13.4. The van der Waals surface area contributed by atoms with E-state index in [1.165, 1.54) is 11.5 Å². The summed E-state index contributed by atoms with van der Waals surface area (Å²) in [6.45, 7) is 4.97. The summed E-state index contributed by atoms with van der Waals surface area (Å²) in [5.41, 5.74) is 1.13. The molecule has 114 valence electrons. The highest BCUT2D eigenvalue weighted by atomic mass is 32.1. The van der Waals surface area contributed by atoms with Crippen molar-refractivity contribution in [3.05, 3.63) is 24.0 Å². The third kappa shape index (κ3) is 3.24. The number of nitrogens with zero attached hydrogens (tertiary/aromatic N) is 4. The fourth-order valence-electron chi connectivity index (χ4n) is 2.51. The lowest BCUT2D eigenvalue weighted by molar-refractivity contribution is 0.00559. The smallest absolute Gasteiger partial charge is 0.202 e. The maximum Gasteiger partial charge on any atom is 0.202 e. The van der Waals surface area contributed by atoms with Gasteiger partial charge in [-0.25, -0.2) is 9.97 Å². The highest BCUT2D eigenvalue weighted by molar-refractivity contribution is 7.09. The van der Waals surface area contributed by atoms with Crippen LogP contribution >= 0.6 is 11.5 Å². The van der Waals surface area contributed by atoms with E-state index in [4.69, 9.17) is 4.74 Å². The zero-order valence-electron chi connectivity index (χ0n) is 12.6. The minimum Gasteiger partial charge on any atom is -0.372 e. The van der Waals surface area contributed by atoms with E-state index in [-0.39, 0.29) is 6.10 Å². The van der Waals surface area contributed by atoms with E-state index < -0.39 is 0 Å². The summed E-state index contributed by atoms with van der Waals surface area (Å²) in [4.78, 5) is 8.72. The molecule has 3 rings (SSSR count). The second kappa shape index (κ2) is 6.11. The predicted molar refractivity (Wildman–Crippen MR) is 82.5 cm³/mol. The molecule has 1 fully saturated rings. The van der Waals surface area contributed by atoms with Crippen molar-refractivity contribution in [3.63, 3.8) is 0 Å². The Bertz CT molecular complexity index is 594. The molecule has 0 saturated carbocycles. The first-order valence-corrected chi connectivity index (χ1v) is 8.08. The average Bonchev–Trinajstić information content (AvgIpc) is 3.08. The number of rotatable bonds is 4. The van der Waals surface area contributed by atoms with Gasteiger partial charge in [-0.05, 0) is 12.8 Å². The molecule has 0 unspecified atom stereocenters. The van der Waals surface area contributed by atoms with Gasteiger partial charge in [-0.2, -0.15) is 4.37 Å². The molecule has 1 aliphatic rings. The Hall–Kier alpha value is -1.47. The van der Waals surface area contributed by atoms with Gasteiger partial charge in [-0.1, -0.05) is 13.8 Å². The van der Waals surface area contributed by atoms with Crippen molar-refractivity contribution in [1.82, 2.24) is 18.9 Å². The molecule has 2 aromatic rings. The van der Waals surface area contributed by atoms with Gasteiger partial charge in [-0.3, -0.25) is 0 Å². The van der Waals surface area contributed by atoms with Crippen molar-refractivity contribution < 1.29 is 4.74 Å². The number of hydrogen-bond donors (Lipinski definition) is 1. The summed E-state index contributed by atoms with van der Waals surface area (Å²) >= 11 is 1.44. The molecule has 6 nitrogen and oxygen atoms in total. The van der Waals surface area contributed by atoms with E-state index in [1.807, 2.05) is 24.1 Å². The van der Waals surface area contributed by atoms with E-state index in [9.17, 15) is 0 Å². The van der Waals surface area contributed by atoms with Gasteiger partial charge in [-0.15, -0.1) is 0 Å². The van der Waals surface area contributed by atoms with Crippen molar-refractivity contribution in [2.24, 2.45) is 7.05 Å². The SMILES string of the molecule is CC(C)c1nsc(N[C@H]2CCO[C@@H](c3cncn3C)C2)n1. The molecule has 0 amide bonds. The topological polar surface area (TPSA) is 64.9 Å². The molecule has 0 aliphatic carbocycles. The van der Waals surface area contributed by atoms with E-state index in [0.717, 1.165) is 36.1 Å². The number of aryl methyl sites for hydroxylation is 1. The predicted octanol–water partition coefficient (Wildman–Crippen LogP) is 2.73. The minimum atomic E-state index is 0.0984. The zero-order chi connectivity index (χ0) is 14.8. The Kier molecular flexibility index (Phi) is 4.21. The van der Waals surface area contributed by atoms with Crippen molar-refractivity contribution in [2.75, 3.05) is 11.9 Å². The monoisotopic (exact) mass is 307 g/mol. The molecule has 7 heteroatoms. The van der Waals surface area contributed by atoms with Gasteiger partial charge < -0.3 is 14.6 Å². The molecule has 2 aromatic heterocycles. The minimum absolute atomic E-state index is 0.0984. The van der Waals surface area contributed by atoms with E-state index in [2.05, 4.69) is 33.5 Å². The molecule has 3 heterocycles. The van der Waals surface area contributed by atoms with Crippen molar-refractivity contribution in [3.8, 4) is 0 Å². The quantitative estimate of drug-likeness (QED) is 0.941. The van der Waals surface area contributed by atoms with Crippen LogP contribution < -0.4 is 5.32 Å². The van der Waals surface area contributed by atoms with Crippen molar-refractivity contribution in [2.45, 2.75) is 44.8 Å². The molecule has 0 aromatic carbocycles. The fraction of sp³-hybridized carbons (Fsp3) is 0.643. The first-order chi connectivity index (χ1) is 10.1. The van der Waals surface area contributed by atoms with Crippen LogP contribution in [0.15, 0.2) is 12.5 Å². The third-order valence-corrected chi connectivity index (χ3v) is 4.41. The number of aromatic nitrogens is 4. The second-order valence-corrected chi connectivity index (χ2v) is 6.52. The third-order valence-electron chi connectivity index (χ3n) is 3.75. The lowest BCUT2D eigenvalue weighted by atomic mass is 10.0. The van der Waals surface area contributed by atoms with Gasteiger partial charge in [0.05, 0.1) is 18.2 Å². The van der Waals surface area contributed by atoms with Gasteiger partial charge in [0, 0.05) is 37.1 Å². The summed E-state index contributed by atoms with van der Waals surface area (Å²) in [6, 6.07) is 0.367. The lowest BCUT2D eigenvalue weighted by Gasteiger charge is -2.30. The number of imidazole rings is 1. The fourth-order valence-corrected chi connectivity index (χ4v) is 3.30. The van der Waals surface area contributed by atoms with Crippen LogP contribution in [0.4, 0.5) is 5.13 Å².